The fourth-order valence-electron chi connectivity index (χ4n) is 5.89. The molecule has 0 bridgehead atoms. The van der Waals surface area contributed by atoms with E-state index in [2.05, 4.69) is 15.9 Å². The minimum Gasteiger partial charge on any atom is -0.477 e. The Morgan fingerprint density at radius 3 is 1.98 bits per heavy atom. The number of benzene rings is 4. The van der Waals surface area contributed by atoms with Gasteiger partial charge in [0.25, 0.3) is 31.4 Å². The Kier molecular flexibility index (Phi) is 11.4. The van der Waals surface area contributed by atoms with Crippen molar-refractivity contribution in [3.8, 4) is 10.4 Å². The molecule has 0 aliphatic carbocycles. The molecule has 19 heteroatoms. The van der Waals surface area contributed by atoms with Gasteiger partial charge in [0.15, 0.2) is 0 Å². The summed E-state index contributed by atoms with van der Waals surface area (Å²) in [5.74, 6) is -1.26. The molecule has 1 aliphatic heterocycles. The minimum absolute atomic E-state index is 0.00131. The van der Waals surface area contributed by atoms with Gasteiger partial charge in [-0.2, -0.15) is 0 Å². The van der Waals surface area contributed by atoms with Crippen LogP contribution in [0.1, 0.15) is 31.9 Å². The average molecular weight is 898 g/mol. The number of aromatic carboxylic acids is 1. The summed E-state index contributed by atoms with van der Waals surface area (Å²) in [6, 6.07) is 25.0. The average Bonchev–Trinajstić information content (AvgIpc) is 3.85. The Bertz CT molecular complexity index is 2720. The lowest BCUT2D eigenvalue weighted by Gasteiger charge is -2.29. The van der Waals surface area contributed by atoms with Gasteiger partial charge in [-0.25, -0.2) is 21.6 Å². The van der Waals surface area contributed by atoms with Crippen molar-refractivity contribution in [2.75, 3.05) is 8.61 Å². The fraction of sp³-hybridized carbons (Fsp3) is 0.108. The number of nitrogens with zero attached hydrogens (tertiary/aromatic N) is 4. The maximum absolute atomic E-state index is 13.4. The molecule has 0 fully saturated rings. The number of nitro benzene ring substituents is 2. The summed E-state index contributed by atoms with van der Waals surface area (Å²) in [5, 5.41) is 35.4. The smallest absolute Gasteiger partial charge is 0.348 e. The van der Waals surface area contributed by atoms with Crippen LogP contribution in [-0.2, 0) is 33.1 Å². The first-order valence-corrected chi connectivity index (χ1v) is 21.7. The van der Waals surface area contributed by atoms with Crippen LogP contribution in [0.2, 0.25) is 0 Å². The van der Waals surface area contributed by atoms with Crippen molar-refractivity contribution in [2.45, 2.75) is 36.7 Å². The van der Waals surface area contributed by atoms with Gasteiger partial charge in [0, 0.05) is 12.1 Å². The molecule has 6 aromatic rings. The number of thiophene rings is 2. The number of fused-ring (bicyclic) bond motifs is 3. The number of hydrogen-bond acceptors (Lipinski definition) is 11. The third-order valence-corrected chi connectivity index (χ3v) is 15.0. The van der Waals surface area contributed by atoms with E-state index in [1.54, 1.807) is 66.0 Å². The van der Waals surface area contributed by atoms with Crippen molar-refractivity contribution in [1.29, 1.82) is 0 Å². The van der Waals surface area contributed by atoms with Crippen LogP contribution < -0.4 is 8.61 Å². The van der Waals surface area contributed by atoms with E-state index in [1.165, 1.54) is 57.4 Å². The van der Waals surface area contributed by atoms with Gasteiger partial charge in [0.05, 0.1) is 54.5 Å². The van der Waals surface area contributed by atoms with Crippen LogP contribution in [0.4, 0.5) is 22.7 Å². The summed E-state index contributed by atoms with van der Waals surface area (Å²) in [7, 11) is -7.93. The third-order valence-electron chi connectivity index (χ3n) is 8.67. The first kappa shape index (κ1) is 40.2. The summed E-state index contributed by atoms with van der Waals surface area (Å²) in [5.41, 5.74) is 3.56. The van der Waals surface area contributed by atoms with Crippen LogP contribution in [-0.4, -0.2) is 37.8 Å². The summed E-state index contributed by atoms with van der Waals surface area (Å²) in [6.45, 7) is 3.48. The van der Waals surface area contributed by atoms with Gasteiger partial charge < -0.3 is 5.11 Å². The van der Waals surface area contributed by atoms with Gasteiger partial charge in [0.2, 0.25) is 0 Å². The van der Waals surface area contributed by atoms with Crippen molar-refractivity contribution in [1.82, 2.24) is 0 Å². The van der Waals surface area contributed by atoms with E-state index < -0.39 is 35.9 Å². The molecule has 0 radical (unpaired) electrons. The number of nitro groups is 2. The van der Waals surface area contributed by atoms with Gasteiger partial charge in [0.1, 0.15) is 9.35 Å². The fourth-order valence-corrected chi connectivity index (χ4v) is 11.2. The van der Waals surface area contributed by atoms with Crippen LogP contribution in [0, 0.1) is 34.1 Å². The number of carboxylic acid groups (broad SMARTS) is 1. The van der Waals surface area contributed by atoms with Crippen LogP contribution in [0.25, 0.3) is 10.4 Å². The monoisotopic (exact) mass is 896 g/mol. The first-order valence-electron chi connectivity index (χ1n) is 16.3. The summed E-state index contributed by atoms with van der Waals surface area (Å²) in [6.07, 6.45) is 0. The second-order valence-corrected chi connectivity index (χ2v) is 18.7. The lowest BCUT2D eigenvalue weighted by atomic mass is 10.00. The van der Waals surface area contributed by atoms with Gasteiger partial charge in [-0.3, -0.25) is 28.8 Å². The number of sulfonamides is 2. The van der Waals surface area contributed by atoms with E-state index in [0.29, 0.717) is 27.3 Å². The van der Waals surface area contributed by atoms with E-state index in [9.17, 15) is 47.0 Å². The Morgan fingerprint density at radius 2 is 1.38 bits per heavy atom. The molecule has 0 spiro atoms. The maximum Gasteiger partial charge on any atom is 0.348 e. The summed E-state index contributed by atoms with van der Waals surface area (Å²) >= 11 is 5.38. The quantitative estimate of drug-likeness (QED) is 0.102. The molecule has 288 valence electrons. The van der Waals surface area contributed by atoms with Crippen molar-refractivity contribution in [3.05, 3.63) is 160 Å². The molecule has 14 nitrogen and oxygen atoms in total. The minimum atomic E-state index is -4.16. The number of aryl methyl sites for hydroxylation is 2. The van der Waals surface area contributed by atoms with E-state index in [1.807, 2.05) is 13.8 Å². The molecule has 4 aromatic carbocycles. The van der Waals surface area contributed by atoms with Crippen molar-refractivity contribution in [2.24, 2.45) is 0 Å². The van der Waals surface area contributed by atoms with E-state index in [0.717, 1.165) is 26.8 Å². The highest BCUT2D eigenvalue weighted by Crippen LogP contribution is 2.48. The van der Waals surface area contributed by atoms with Gasteiger partial charge >= 0.3 is 5.97 Å². The van der Waals surface area contributed by atoms with Crippen molar-refractivity contribution >= 4 is 87.4 Å². The van der Waals surface area contributed by atoms with E-state index in [4.69, 9.17) is 0 Å². The Labute approximate surface area is 337 Å². The molecule has 7 rings (SSSR count). The maximum atomic E-state index is 13.4. The molecule has 2 aromatic heterocycles. The number of carboxylic acids is 1. The van der Waals surface area contributed by atoms with Crippen LogP contribution in [0.3, 0.4) is 0 Å². The predicted octanol–water partition coefficient (Wildman–Crippen LogP) is 9.16. The molecule has 0 unspecified atom stereocenters. The number of halogens is 1. The zero-order valence-electron chi connectivity index (χ0n) is 29.2. The zero-order chi connectivity index (χ0) is 40.5. The second-order valence-electron chi connectivity index (χ2n) is 12.3. The predicted molar refractivity (Wildman–Crippen MR) is 218 cm³/mol. The highest BCUT2D eigenvalue weighted by molar-refractivity contribution is 9.10. The molecule has 0 saturated heterocycles. The normalized spacial score (nSPS) is 12.2. The highest BCUT2D eigenvalue weighted by atomic mass is 79.9. The Hall–Kier alpha value is -5.47. The molecular weight excluding hydrogens is 869 g/mol. The van der Waals surface area contributed by atoms with Crippen molar-refractivity contribution < 1.29 is 36.6 Å². The number of rotatable bonds is 10. The zero-order valence-corrected chi connectivity index (χ0v) is 34.1. The first-order chi connectivity index (χ1) is 26.5. The van der Waals surface area contributed by atoms with Crippen LogP contribution in [0.5, 0.6) is 0 Å². The van der Waals surface area contributed by atoms with Crippen LogP contribution in [0.15, 0.2) is 122 Å². The molecule has 1 N–H and O–H groups in total. The number of anilines is 2. The highest BCUT2D eigenvalue weighted by Gasteiger charge is 2.36. The van der Waals surface area contributed by atoms with Gasteiger partial charge in [-0.05, 0) is 88.1 Å². The molecule has 56 heavy (non-hydrogen) atoms. The van der Waals surface area contributed by atoms with Gasteiger partial charge in [-0.15, -0.1) is 22.7 Å². The lowest BCUT2D eigenvalue weighted by Crippen LogP contribution is -2.32. The SMILES string of the molecule is Cc1ccc(S(=O)(=O)N(Cc2cccc([N+](=O)[O-])c2Br)c2ccsc2C(=O)O)cc1.Cc1ccc(S(=O)(=O)N2Cc3cccc([N+](=O)[O-])c3-c3sccc32)cc1. The van der Waals surface area contributed by atoms with Crippen LogP contribution >= 0.6 is 38.6 Å². The van der Waals surface area contributed by atoms with E-state index >= 15 is 0 Å². The summed E-state index contributed by atoms with van der Waals surface area (Å²) in [4.78, 5) is 34.0. The Balaban J connectivity index is 0.000000191. The number of hydrogen-bond donors (Lipinski definition) is 1. The largest absolute Gasteiger partial charge is 0.477 e. The molecule has 0 amide bonds. The van der Waals surface area contributed by atoms with Gasteiger partial charge in [-0.1, -0.05) is 59.7 Å². The molecule has 0 atom stereocenters. The summed E-state index contributed by atoms with van der Waals surface area (Å²) < 4.78 is 55.7. The second kappa shape index (κ2) is 15.9. The lowest BCUT2D eigenvalue weighted by molar-refractivity contribution is -0.385. The molecular formula is C37H29BrN4O10S4. The van der Waals surface area contributed by atoms with Crippen molar-refractivity contribution in [3.63, 3.8) is 0 Å². The standard InChI is InChI=1S/C19H15BrN2O6S2.C18H14N2O4S2/c1-12-5-7-14(8-6-12)30(27,28)21(16-9-10-29-18(16)19(23)24)11-13-3-2-4-15(17(13)20)22(25)26;1-12-5-7-14(8-6-12)26(23,24)19-11-13-3-2-4-15(20(21)22)17(13)18-16(19)9-10-25-18/h2-10H,11H2,1H3,(H,23,24);2-10H,11H2,1H3. The van der Waals surface area contributed by atoms with E-state index in [-0.39, 0.29) is 49.3 Å². The number of carbonyl (C=O) groups is 1. The molecule has 1 aliphatic rings. The Morgan fingerprint density at radius 1 is 0.804 bits per heavy atom. The molecule has 3 heterocycles. The molecule has 0 saturated carbocycles. The topological polar surface area (TPSA) is 198 Å². The third kappa shape index (κ3) is 7.80.